The van der Waals surface area contributed by atoms with Crippen LogP contribution in [-0.4, -0.2) is 11.1 Å². The lowest BCUT2D eigenvalue weighted by Crippen LogP contribution is -2.05. The van der Waals surface area contributed by atoms with Crippen LogP contribution in [0.5, 0.6) is 0 Å². The van der Waals surface area contributed by atoms with Crippen LogP contribution in [0, 0.1) is 10.5 Å². The van der Waals surface area contributed by atoms with E-state index in [1.807, 2.05) is 19.1 Å². The van der Waals surface area contributed by atoms with E-state index in [9.17, 15) is 4.79 Å². The molecule has 0 N–H and O–H groups in total. The Balaban J connectivity index is 3.33. The summed E-state index contributed by atoms with van der Waals surface area (Å²) in [6.07, 6.45) is 0. The lowest BCUT2D eigenvalue weighted by molar-refractivity contribution is 0.102. The number of alkyl halides is 1. The van der Waals surface area contributed by atoms with Crippen molar-refractivity contribution in [1.29, 1.82) is 0 Å². The molecule has 0 fully saturated rings. The summed E-state index contributed by atoms with van der Waals surface area (Å²) in [7, 11) is 0. The molecular weight excluding hydrogens is 411 g/mol. The Bertz CT molecular complexity index is 350. The summed E-state index contributed by atoms with van der Waals surface area (Å²) < 4.78 is 1.89. The van der Waals surface area contributed by atoms with E-state index in [2.05, 4.69) is 54.5 Å². The van der Waals surface area contributed by atoms with Gasteiger partial charge in [-0.2, -0.15) is 0 Å². The fourth-order valence-corrected chi connectivity index (χ4v) is 2.95. The van der Waals surface area contributed by atoms with E-state index in [1.54, 1.807) is 0 Å². The predicted molar refractivity (Wildman–Crippen MR) is 69.7 cm³/mol. The minimum atomic E-state index is 0.111. The van der Waals surface area contributed by atoms with E-state index in [0.29, 0.717) is 5.33 Å². The molecule has 0 spiro atoms. The third-order valence-corrected chi connectivity index (χ3v) is 4.24. The molecule has 0 aromatic heterocycles. The van der Waals surface area contributed by atoms with Gasteiger partial charge in [0, 0.05) is 13.6 Å². The van der Waals surface area contributed by atoms with Crippen molar-refractivity contribution in [2.75, 3.05) is 5.33 Å². The first-order valence-corrected chi connectivity index (χ1v) is 6.61. The van der Waals surface area contributed by atoms with Gasteiger partial charge in [0.2, 0.25) is 0 Å². The standard InChI is InChI=1S/C9H7Br2IO/c1-5-2-3-6(11)8(9(5)12)7(13)4-10/h2-3H,4H2,1H3. The highest BCUT2D eigenvalue weighted by molar-refractivity contribution is 14.1. The van der Waals surface area contributed by atoms with Gasteiger partial charge in [0.25, 0.3) is 0 Å². The number of Topliss-reactive ketones (excluding diaryl/α,β-unsaturated/α-hetero) is 1. The first kappa shape index (κ1) is 11.7. The topological polar surface area (TPSA) is 17.1 Å². The third-order valence-electron chi connectivity index (χ3n) is 1.68. The van der Waals surface area contributed by atoms with Crippen LogP contribution in [0.15, 0.2) is 16.6 Å². The molecule has 13 heavy (non-hydrogen) atoms. The van der Waals surface area contributed by atoms with E-state index < -0.39 is 0 Å². The Morgan fingerprint density at radius 2 is 2.15 bits per heavy atom. The summed E-state index contributed by atoms with van der Waals surface area (Å²) >= 11 is 8.74. The van der Waals surface area contributed by atoms with Crippen LogP contribution in [0.3, 0.4) is 0 Å². The summed E-state index contributed by atoms with van der Waals surface area (Å²) in [5.74, 6) is 0.111. The molecule has 0 saturated carbocycles. The molecule has 0 aliphatic carbocycles. The summed E-state index contributed by atoms with van der Waals surface area (Å²) in [5, 5.41) is 0.366. The maximum atomic E-state index is 11.5. The van der Waals surface area contributed by atoms with E-state index in [0.717, 1.165) is 19.2 Å². The van der Waals surface area contributed by atoms with Gasteiger partial charge < -0.3 is 0 Å². The molecule has 0 heterocycles. The third kappa shape index (κ3) is 2.53. The molecule has 0 aliphatic heterocycles. The molecule has 0 amide bonds. The molecule has 1 aromatic carbocycles. The molecule has 0 unspecified atom stereocenters. The maximum Gasteiger partial charge on any atom is 0.175 e. The van der Waals surface area contributed by atoms with Crippen molar-refractivity contribution in [3.05, 3.63) is 31.3 Å². The monoisotopic (exact) mass is 416 g/mol. The second-order valence-corrected chi connectivity index (χ2v) is 5.10. The Kier molecular flexibility index (Phi) is 4.38. The smallest absolute Gasteiger partial charge is 0.175 e. The highest BCUT2D eigenvalue weighted by Gasteiger charge is 2.13. The predicted octanol–water partition coefficient (Wildman–Crippen LogP) is 3.94. The molecule has 1 nitrogen and oxygen atoms in total. The minimum absolute atomic E-state index is 0.111. The number of carbonyl (C=O) groups is 1. The Morgan fingerprint density at radius 1 is 1.54 bits per heavy atom. The van der Waals surface area contributed by atoms with Crippen molar-refractivity contribution < 1.29 is 4.79 Å². The molecule has 70 valence electrons. The summed E-state index contributed by atoms with van der Waals surface area (Å²) in [6, 6.07) is 3.91. The van der Waals surface area contributed by atoms with E-state index >= 15 is 0 Å². The van der Waals surface area contributed by atoms with Crippen LogP contribution < -0.4 is 0 Å². The lowest BCUT2D eigenvalue weighted by Gasteiger charge is -2.06. The molecule has 4 heteroatoms. The lowest BCUT2D eigenvalue weighted by atomic mass is 10.1. The van der Waals surface area contributed by atoms with Crippen LogP contribution in [0.2, 0.25) is 0 Å². The van der Waals surface area contributed by atoms with Gasteiger partial charge in [-0.15, -0.1) is 0 Å². The van der Waals surface area contributed by atoms with Gasteiger partial charge in [-0.1, -0.05) is 37.9 Å². The number of hydrogen-bond donors (Lipinski definition) is 0. The Morgan fingerprint density at radius 3 is 2.69 bits per heavy atom. The summed E-state index contributed by atoms with van der Waals surface area (Å²) in [4.78, 5) is 11.5. The molecule has 1 rings (SSSR count). The Labute approximate surface area is 108 Å². The quantitative estimate of drug-likeness (QED) is 0.405. The van der Waals surface area contributed by atoms with Crippen LogP contribution in [0.1, 0.15) is 15.9 Å². The first-order chi connectivity index (χ1) is 6.07. The first-order valence-electron chi connectivity index (χ1n) is 3.61. The summed E-state index contributed by atoms with van der Waals surface area (Å²) in [6.45, 7) is 2.00. The van der Waals surface area contributed by atoms with Gasteiger partial charge in [-0.25, -0.2) is 0 Å². The van der Waals surface area contributed by atoms with Crippen LogP contribution in [0.4, 0.5) is 0 Å². The largest absolute Gasteiger partial charge is 0.293 e. The molecule has 0 atom stereocenters. The van der Waals surface area contributed by atoms with E-state index in [1.165, 1.54) is 0 Å². The minimum Gasteiger partial charge on any atom is -0.293 e. The number of halogens is 3. The second-order valence-electron chi connectivity index (χ2n) is 2.61. The zero-order valence-electron chi connectivity index (χ0n) is 6.90. The van der Waals surface area contributed by atoms with E-state index in [4.69, 9.17) is 0 Å². The van der Waals surface area contributed by atoms with Crippen LogP contribution in [0.25, 0.3) is 0 Å². The molecular formula is C9H7Br2IO. The molecule has 0 radical (unpaired) electrons. The van der Waals surface area contributed by atoms with Gasteiger partial charge in [0.15, 0.2) is 5.78 Å². The van der Waals surface area contributed by atoms with Gasteiger partial charge in [0.05, 0.1) is 5.33 Å². The molecule has 0 saturated heterocycles. The van der Waals surface area contributed by atoms with E-state index in [-0.39, 0.29) is 5.78 Å². The van der Waals surface area contributed by atoms with Crippen LogP contribution in [-0.2, 0) is 0 Å². The number of aryl methyl sites for hydroxylation is 1. The Hall–Kier alpha value is 0.580. The van der Waals surface area contributed by atoms with Crippen molar-refractivity contribution in [3.63, 3.8) is 0 Å². The number of carbonyl (C=O) groups excluding carboxylic acids is 1. The number of rotatable bonds is 2. The second kappa shape index (κ2) is 4.89. The fourth-order valence-electron chi connectivity index (χ4n) is 0.979. The van der Waals surface area contributed by atoms with Crippen molar-refractivity contribution in [1.82, 2.24) is 0 Å². The van der Waals surface area contributed by atoms with Gasteiger partial charge >= 0.3 is 0 Å². The number of ketones is 1. The summed E-state index contributed by atoms with van der Waals surface area (Å²) in [5.41, 5.74) is 1.91. The van der Waals surface area contributed by atoms with Gasteiger partial charge in [0.1, 0.15) is 0 Å². The average Bonchev–Trinajstić information content (AvgIpc) is 2.12. The molecule has 0 aliphatic rings. The average molecular weight is 418 g/mol. The van der Waals surface area contributed by atoms with Gasteiger partial charge in [-0.05, 0) is 41.1 Å². The normalized spacial score (nSPS) is 10.2. The fraction of sp³-hybridized carbons (Fsp3) is 0.222. The zero-order chi connectivity index (χ0) is 10.0. The van der Waals surface area contributed by atoms with Crippen molar-refractivity contribution in [3.8, 4) is 0 Å². The van der Waals surface area contributed by atoms with Crippen molar-refractivity contribution in [2.24, 2.45) is 0 Å². The number of hydrogen-bond acceptors (Lipinski definition) is 1. The zero-order valence-corrected chi connectivity index (χ0v) is 12.2. The highest BCUT2D eigenvalue weighted by atomic mass is 127. The highest BCUT2D eigenvalue weighted by Crippen LogP contribution is 2.26. The maximum absolute atomic E-state index is 11.5. The SMILES string of the molecule is Cc1ccc(Br)c(C(=O)CBr)c1I. The van der Waals surface area contributed by atoms with Crippen LogP contribution >= 0.6 is 54.5 Å². The van der Waals surface area contributed by atoms with Gasteiger partial charge in [-0.3, -0.25) is 4.79 Å². The van der Waals surface area contributed by atoms with Crippen molar-refractivity contribution in [2.45, 2.75) is 6.92 Å². The molecule has 0 bridgehead atoms. The molecule has 1 aromatic rings. The number of benzene rings is 1. The van der Waals surface area contributed by atoms with Crippen molar-refractivity contribution >= 4 is 60.2 Å².